The molecule has 148 valence electrons. The minimum atomic E-state index is -0.297. The molecule has 29 heavy (non-hydrogen) atoms. The molecule has 2 aromatic carbocycles. The van der Waals surface area contributed by atoms with Crippen LogP contribution in [0.2, 0.25) is 0 Å². The van der Waals surface area contributed by atoms with Gasteiger partial charge in [0.05, 0.1) is 29.0 Å². The van der Waals surface area contributed by atoms with Crippen LogP contribution in [-0.4, -0.2) is 39.5 Å². The Kier molecular flexibility index (Phi) is 5.59. The number of aromatic nitrogens is 2. The molecule has 1 unspecified atom stereocenters. The van der Waals surface area contributed by atoms with Crippen molar-refractivity contribution in [2.45, 2.75) is 38.4 Å². The van der Waals surface area contributed by atoms with Crippen molar-refractivity contribution in [2.75, 3.05) is 13.1 Å². The van der Waals surface area contributed by atoms with E-state index in [-0.39, 0.29) is 18.0 Å². The molecule has 0 aliphatic carbocycles. The van der Waals surface area contributed by atoms with Gasteiger partial charge in [0.2, 0.25) is 5.91 Å². The summed E-state index contributed by atoms with van der Waals surface area (Å²) in [5.74, 6) is 0.0355. The number of benzene rings is 2. The van der Waals surface area contributed by atoms with Crippen LogP contribution in [0, 0.1) is 11.3 Å². The maximum Gasteiger partial charge on any atom is 0.243 e. The highest BCUT2D eigenvalue weighted by Gasteiger charge is 2.24. The van der Waals surface area contributed by atoms with Crippen LogP contribution < -0.4 is 5.32 Å². The lowest BCUT2D eigenvalue weighted by Crippen LogP contribution is -2.46. The third-order valence-electron chi connectivity index (χ3n) is 5.67. The monoisotopic (exact) mass is 387 g/mol. The fourth-order valence-electron chi connectivity index (χ4n) is 3.97. The number of nitrogens with one attached hydrogen (secondary N) is 1. The zero-order chi connectivity index (χ0) is 20.2. The van der Waals surface area contributed by atoms with E-state index < -0.39 is 0 Å². The molecule has 3 aromatic rings. The van der Waals surface area contributed by atoms with E-state index in [2.05, 4.69) is 27.3 Å². The van der Waals surface area contributed by atoms with Gasteiger partial charge in [-0.05, 0) is 49.6 Å². The van der Waals surface area contributed by atoms with Gasteiger partial charge < -0.3 is 9.88 Å². The predicted molar refractivity (Wildman–Crippen MR) is 112 cm³/mol. The van der Waals surface area contributed by atoms with Gasteiger partial charge in [-0.15, -0.1) is 0 Å². The number of imidazole rings is 1. The Hall–Kier alpha value is -3.17. The van der Waals surface area contributed by atoms with E-state index in [9.17, 15) is 4.79 Å². The van der Waals surface area contributed by atoms with Crippen LogP contribution in [0.1, 0.15) is 36.9 Å². The summed E-state index contributed by atoms with van der Waals surface area (Å²) in [6, 6.07) is 17.7. The minimum Gasteiger partial charge on any atom is -0.351 e. The molecule has 2 heterocycles. The molecule has 1 amide bonds. The van der Waals surface area contributed by atoms with E-state index in [0.29, 0.717) is 5.56 Å². The van der Waals surface area contributed by atoms with Crippen molar-refractivity contribution in [1.29, 1.82) is 5.26 Å². The summed E-state index contributed by atoms with van der Waals surface area (Å²) in [6.07, 6.45) is 3.61. The highest BCUT2D eigenvalue weighted by molar-refractivity contribution is 5.83. The molecule has 0 radical (unpaired) electrons. The number of para-hydroxylation sites is 2. The zero-order valence-electron chi connectivity index (χ0n) is 16.6. The SMILES string of the molecule is CC(C(=O)NC1CCN(Cc2cccc(C#N)c2)CC1)n1cnc2ccccc21. The Labute approximate surface area is 170 Å². The van der Waals surface area contributed by atoms with Gasteiger partial charge in [0, 0.05) is 25.7 Å². The Balaban J connectivity index is 1.31. The van der Waals surface area contributed by atoms with Crippen LogP contribution in [0.25, 0.3) is 11.0 Å². The lowest BCUT2D eigenvalue weighted by atomic mass is 10.0. The molecular formula is C23H25N5O. The quantitative estimate of drug-likeness (QED) is 0.729. The number of nitrogens with zero attached hydrogens (tertiary/aromatic N) is 4. The van der Waals surface area contributed by atoms with Gasteiger partial charge in [-0.2, -0.15) is 5.26 Å². The van der Waals surface area contributed by atoms with Gasteiger partial charge in [0.1, 0.15) is 6.04 Å². The van der Waals surface area contributed by atoms with Gasteiger partial charge in [-0.1, -0.05) is 24.3 Å². The highest BCUT2D eigenvalue weighted by atomic mass is 16.2. The average molecular weight is 387 g/mol. The number of carbonyl (C=O) groups excluding carboxylic acids is 1. The van der Waals surface area contributed by atoms with Crippen molar-refractivity contribution in [3.8, 4) is 6.07 Å². The van der Waals surface area contributed by atoms with Crippen molar-refractivity contribution in [3.05, 3.63) is 66.0 Å². The standard InChI is InChI=1S/C23H25N5O/c1-17(28-16-25-21-7-2-3-8-22(21)28)23(29)26-20-9-11-27(12-10-20)15-19-6-4-5-18(13-19)14-24/h2-8,13,16-17,20H,9-12,15H2,1H3,(H,26,29). The molecule has 0 saturated carbocycles. The smallest absolute Gasteiger partial charge is 0.243 e. The summed E-state index contributed by atoms with van der Waals surface area (Å²) in [6.45, 7) is 4.63. The molecule has 4 rings (SSSR count). The largest absolute Gasteiger partial charge is 0.351 e. The number of fused-ring (bicyclic) bond motifs is 1. The van der Waals surface area contributed by atoms with Gasteiger partial charge >= 0.3 is 0 Å². The third-order valence-corrected chi connectivity index (χ3v) is 5.67. The van der Waals surface area contributed by atoms with Crippen molar-refractivity contribution >= 4 is 16.9 Å². The second kappa shape index (κ2) is 8.46. The topological polar surface area (TPSA) is 74.0 Å². The molecule has 6 nitrogen and oxygen atoms in total. The Morgan fingerprint density at radius 2 is 2.03 bits per heavy atom. The average Bonchev–Trinajstić information content (AvgIpc) is 3.19. The fraction of sp³-hybridized carbons (Fsp3) is 0.348. The summed E-state index contributed by atoms with van der Waals surface area (Å²) in [5, 5.41) is 12.3. The molecule has 1 N–H and O–H groups in total. The van der Waals surface area contributed by atoms with Crippen molar-refractivity contribution in [2.24, 2.45) is 0 Å². The second-order valence-corrected chi connectivity index (χ2v) is 7.69. The molecule has 1 aromatic heterocycles. The van der Waals surface area contributed by atoms with Gasteiger partial charge in [0.15, 0.2) is 0 Å². The van der Waals surface area contributed by atoms with Crippen molar-refractivity contribution < 1.29 is 4.79 Å². The van der Waals surface area contributed by atoms with E-state index in [4.69, 9.17) is 5.26 Å². The summed E-state index contributed by atoms with van der Waals surface area (Å²) in [7, 11) is 0. The summed E-state index contributed by atoms with van der Waals surface area (Å²) >= 11 is 0. The van der Waals surface area contributed by atoms with Crippen LogP contribution in [0.4, 0.5) is 0 Å². The zero-order valence-corrected chi connectivity index (χ0v) is 16.6. The molecule has 1 aliphatic heterocycles. The van der Waals surface area contributed by atoms with Crippen LogP contribution in [0.5, 0.6) is 0 Å². The van der Waals surface area contributed by atoms with Crippen LogP contribution >= 0.6 is 0 Å². The lowest BCUT2D eigenvalue weighted by Gasteiger charge is -2.33. The molecule has 1 saturated heterocycles. The summed E-state index contributed by atoms with van der Waals surface area (Å²) in [5.41, 5.74) is 3.74. The van der Waals surface area contributed by atoms with Crippen molar-refractivity contribution in [3.63, 3.8) is 0 Å². The first-order valence-electron chi connectivity index (χ1n) is 10.1. The Morgan fingerprint density at radius 1 is 1.24 bits per heavy atom. The number of amides is 1. The Bertz CT molecular complexity index is 1040. The molecule has 1 atom stereocenters. The number of hydrogen-bond acceptors (Lipinski definition) is 4. The second-order valence-electron chi connectivity index (χ2n) is 7.69. The van der Waals surface area contributed by atoms with Gasteiger partial charge in [0.25, 0.3) is 0 Å². The highest BCUT2D eigenvalue weighted by Crippen LogP contribution is 2.19. The van der Waals surface area contributed by atoms with Crippen LogP contribution in [-0.2, 0) is 11.3 Å². The van der Waals surface area contributed by atoms with Crippen molar-refractivity contribution in [1.82, 2.24) is 19.8 Å². The maximum atomic E-state index is 12.8. The molecule has 0 bridgehead atoms. The molecule has 6 heteroatoms. The van der Waals surface area contributed by atoms with Gasteiger partial charge in [-0.25, -0.2) is 4.98 Å². The first-order chi connectivity index (χ1) is 14.1. The summed E-state index contributed by atoms with van der Waals surface area (Å²) in [4.78, 5) is 19.6. The minimum absolute atomic E-state index is 0.0355. The van der Waals surface area contributed by atoms with Gasteiger partial charge in [-0.3, -0.25) is 9.69 Å². The predicted octanol–water partition coefficient (Wildman–Crippen LogP) is 3.25. The maximum absolute atomic E-state index is 12.8. The van der Waals surface area contributed by atoms with E-state index in [1.165, 1.54) is 0 Å². The van der Waals surface area contributed by atoms with E-state index in [0.717, 1.165) is 49.1 Å². The fourth-order valence-corrected chi connectivity index (χ4v) is 3.97. The third kappa shape index (κ3) is 4.30. The number of nitriles is 1. The number of likely N-dealkylation sites (tertiary alicyclic amines) is 1. The number of carbonyl (C=O) groups is 1. The summed E-state index contributed by atoms with van der Waals surface area (Å²) < 4.78 is 1.93. The Morgan fingerprint density at radius 3 is 2.83 bits per heavy atom. The van der Waals surface area contributed by atoms with E-state index in [1.54, 1.807) is 6.33 Å². The molecular weight excluding hydrogens is 362 g/mol. The molecule has 0 spiro atoms. The normalized spacial score (nSPS) is 16.4. The van der Waals surface area contributed by atoms with Crippen LogP contribution in [0.15, 0.2) is 54.9 Å². The molecule has 1 aliphatic rings. The number of hydrogen-bond donors (Lipinski definition) is 1. The van der Waals surface area contributed by atoms with E-state index in [1.807, 2.05) is 54.0 Å². The first kappa shape index (κ1) is 19.2. The lowest BCUT2D eigenvalue weighted by molar-refractivity contribution is -0.124. The molecule has 1 fully saturated rings. The van der Waals surface area contributed by atoms with E-state index >= 15 is 0 Å². The first-order valence-corrected chi connectivity index (χ1v) is 10.1. The van der Waals surface area contributed by atoms with Crippen LogP contribution in [0.3, 0.4) is 0 Å². The number of piperidine rings is 1. The number of rotatable bonds is 5.